The molecule has 0 aliphatic heterocycles. The average molecular weight is 237 g/mol. The Morgan fingerprint density at radius 1 is 1.29 bits per heavy atom. The number of rotatable bonds is 5. The molecule has 1 rings (SSSR count). The summed E-state index contributed by atoms with van der Waals surface area (Å²) in [5.41, 5.74) is 0.644. The van der Waals surface area contributed by atoms with E-state index in [9.17, 15) is 4.39 Å². The van der Waals surface area contributed by atoms with E-state index in [1.165, 1.54) is 6.07 Å². The molecule has 0 saturated heterocycles. The Morgan fingerprint density at radius 3 is 2.71 bits per heavy atom. The number of halogens is 1. The van der Waals surface area contributed by atoms with E-state index in [1.54, 1.807) is 19.2 Å². The minimum atomic E-state index is -0.191. The molecular weight excluding hydrogens is 217 g/mol. The zero-order chi connectivity index (χ0) is 12.5. The molecule has 0 amide bonds. The van der Waals surface area contributed by atoms with Gasteiger partial charge in [0, 0.05) is 25.7 Å². The largest absolute Gasteiger partial charge is 0.356 e. The van der Waals surface area contributed by atoms with E-state index in [-0.39, 0.29) is 5.82 Å². The van der Waals surface area contributed by atoms with Gasteiger partial charge in [-0.05, 0) is 12.5 Å². The highest BCUT2D eigenvalue weighted by atomic mass is 19.1. The van der Waals surface area contributed by atoms with Gasteiger partial charge in [-0.25, -0.2) is 4.39 Å². The van der Waals surface area contributed by atoms with E-state index in [1.807, 2.05) is 6.07 Å². The van der Waals surface area contributed by atoms with Gasteiger partial charge in [0.1, 0.15) is 5.82 Å². The van der Waals surface area contributed by atoms with Crippen molar-refractivity contribution in [3.05, 3.63) is 35.6 Å². The first kappa shape index (κ1) is 13.5. The smallest absolute Gasteiger partial charge is 0.191 e. The molecular formula is C13H20FN3. The maximum atomic E-state index is 13.4. The summed E-state index contributed by atoms with van der Waals surface area (Å²) >= 11 is 0. The Morgan fingerprint density at radius 2 is 2.06 bits per heavy atom. The van der Waals surface area contributed by atoms with Gasteiger partial charge >= 0.3 is 0 Å². The lowest BCUT2D eigenvalue weighted by molar-refractivity contribution is 0.604. The van der Waals surface area contributed by atoms with Crippen LogP contribution in [-0.4, -0.2) is 19.6 Å². The zero-order valence-electron chi connectivity index (χ0n) is 10.5. The van der Waals surface area contributed by atoms with Gasteiger partial charge in [0.25, 0.3) is 0 Å². The quantitative estimate of drug-likeness (QED) is 0.468. The molecule has 0 heterocycles. The highest BCUT2D eigenvalue weighted by Crippen LogP contribution is 2.05. The van der Waals surface area contributed by atoms with E-state index in [2.05, 4.69) is 22.5 Å². The van der Waals surface area contributed by atoms with Crippen LogP contribution in [0.2, 0.25) is 0 Å². The Balaban J connectivity index is 2.40. The van der Waals surface area contributed by atoms with Crippen LogP contribution < -0.4 is 10.6 Å². The number of benzene rings is 1. The van der Waals surface area contributed by atoms with Gasteiger partial charge in [-0.2, -0.15) is 0 Å². The lowest BCUT2D eigenvalue weighted by Crippen LogP contribution is -2.37. The second-order valence-electron chi connectivity index (χ2n) is 3.80. The summed E-state index contributed by atoms with van der Waals surface area (Å²) in [6, 6.07) is 6.74. The van der Waals surface area contributed by atoms with Crippen molar-refractivity contribution in [2.24, 2.45) is 4.99 Å². The number of hydrogen-bond acceptors (Lipinski definition) is 1. The van der Waals surface area contributed by atoms with Crippen LogP contribution in [0, 0.1) is 5.82 Å². The van der Waals surface area contributed by atoms with E-state index in [0.29, 0.717) is 18.1 Å². The molecule has 1 aromatic rings. The molecule has 0 aliphatic carbocycles. The van der Waals surface area contributed by atoms with Crippen molar-refractivity contribution in [3.8, 4) is 0 Å². The fraction of sp³-hybridized carbons (Fsp3) is 0.462. The van der Waals surface area contributed by atoms with Crippen LogP contribution in [0.3, 0.4) is 0 Å². The lowest BCUT2D eigenvalue weighted by atomic mass is 10.2. The second-order valence-corrected chi connectivity index (χ2v) is 3.80. The molecule has 0 saturated carbocycles. The molecule has 0 spiro atoms. The number of unbranched alkanes of at least 4 members (excludes halogenated alkanes) is 1. The molecule has 0 fully saturated rings. The summed E-state index contributed by atoms with van der Waals surface area (Å²) in [6.07, 6.45) is 2.23. The van der Waals surface area contributed by atoms with E-state index in [0.717, 1.165) is 19.4 Å². The number of aliphatic imine (C=N–C) groups is 1. The molecule has 0 atom stereocenters. The summed E-state index contributed by atoms with van der Waals surface area (Å²) in [5, 5.41) is 6.26. The predicted molar refractivity (Wildman–Crippen MR) is 69.5 cm³/mol. The molecule has 0 aromatic heterocycles. The predicted octanol–water partition coefficient (Wildman–Crippen LogP) is 2.29. The summed E-state index contributed by atoms with van der Waals surface area (Å²) in [7, 11) is 1.71. The minimum Gasteiger partial charge on any atom is -0.356 e. The van der Waals surface area contributed by atoms with Crippen molar-refractivity contribution < 1.29 is 4.39 Å². The molecule has 17 heavy (non-hydrogen) atoms. The third-order valence-corrected chi connectivity index (χ3v) is 2.45. The topological polar surface area (TPSA) is 36.4 Å². The first-order valence-corrected chi connectivity index (χ1v) is 5.95. The summed E-state index contributed by atoms with van der Waals surface area (Å²) in [5.74, 6) is 0.519. The van der Waals surface area contributed by atoms with Crippen LogP contribution in [0.4, 0.5) is 4.39 Å². The van der Waals surface area contributed by atoms with Crippen molar-refractivity contribution in [2.45, 2.75) is 26.3 Å². The van der Waals surface area contributed by atoms with Gasteiger partial charge in [-0.15, -0.1) is 0 Å². The first-order chi connectivity index (χ1) is 8.27. The maximum Gasteiger partial charge on any atom is 0.191 e. The Hall–Kier alpha value is -1.58. The van der Waals surface area contributed by atoms with Crippen LogP contribution in [0.25, 0.3) is 0 Å². The average Bonchev–Trinajstić information content (AvgIpc) is 2.35. The van der Waals surface area contributed by atoms with Gasteiger partial charge in [-0.3, -0.25) is 4.99 Å². The number of nitrogens with zero attached hydrogens (tertiary/aromatic N) is 1. The fourth-order valence-electron chi connectivity index (χ4n) is 1.42. The van der Waals surface area contributed by atoms with Crippen LogP contribution in [0.5, 0.6) is 0 Å². The molecule has 2 N–H and O–H groups in total. The molecule has 3 nitrogen and oxygen atoms in total. The molecule has 0 aliphatic rings. The summed E-state index contributed by atoms with van der Waals surface area (Å²) < 4.78 is 13.4. The lowest BCUT2D eigenvalue weighted by Gasteiger charge is -2.11. The Kier molecular flexibility index (Phi) is 6.07. The van der Waals surface area contributed by atoms with Gasteiger partial charge in [0.15, 0.2) is 5.96 Å². The number of hydrogen-bond donors (Lipinski definition) is 2. The van der Waals surface area contributed by atoms with Crippen molar-refractivity contribution in [3.63, 3.8) is 0 Å². The molecule has 0 radical (unpaired) electrons. The van der Waals surface area contributed by atoms with Crippen LogP contribution in [-0.2, 0) is 6.54 Å². The first-order valence-electron chi connectivity index (χ1n) is 5.95. The van der Waals surface area contributed by atoms with Crippen molar-refractivity contribution in [2.75, 3.05) is 13.6 Å². The maximum absolute atomic E-state index is 13.4. The highest BCUT2D eigenvalue weighted by molar-refractivity contribution is 5.79. The normalized spacial score (nSPS) is 11.4. The minimum absolute atomic E-state index is 0.191. The van der Waals surface area contributed by atoms with Crippen molar-refractivity contribution >= 4 is 5.96 Å². The van der Waals surface area contributed by atoms with Crippen molar-refractivity contribution in [1.82, 2.24) is 10.6 Å². The Bertz CT molecular complexity index is 363. The van der Waals surface area contributed by atoms with Gasteiger partial charge in [-0.1, -0.05) is 31.5 Å². The molecule has 0 unspecified atom stereocenters. The SMILES string of the molecule is CCCCNC(=NC)NCc1ccccc1F. The molecule has 94 valence electrons. The third kappa shape index (κ3) is 4.85. The summed E-state index contributed by atoms with van der Waals surface area (Å²) in [4.78, 5) is 4.08. The summed E-state index contributed by atoms with van der Waals surface area (Å²) in [6.45, 7) is 3.46. The molecule has 1 aromatic carbocycles. The zero-order valence-corrected chi connectivity index (χ0v) is 10.5. The molecule has 4 heteroatoms. The van der Waals surface area contributed by atoms with Crippen LogP contribution in [0.1, 0.15) is 25.3 Å². The van der Waals surface area contributed by atoms with Crippen LogP contribution >= 0.6 is 0 Å². The standard InChI is InChI=1S/C13H20FN3/c1-3-4-9-16-13(15-2)17-10-11-7-5-6-8-12(11)14/h5-8H,3-4,9-10H2,1-2H3,(H2,15,16,17). The van der Waals surface area contributed by atoms with Gasteiger partial charge in [0.05, 0.1) is 0 Å². The van der Waals surface area contributed by atoms with E-state index in [4.69, 9.17) is 0 Å². The Labute approximate surface area is 102 Å². The van der Waals surface area contributed by atoms with E-state index >= 15 is 0 Å². The van der Waals surface area contributed by atoms with Gasteiger partial charge in [0.2, 0.25) is 0 Å². The number of guanidine groups is 1. The molecule has 0 bridgehead atoms. The third-order valence-electron chi connectivity index (χ3n) is 2.45. The number of nitrogens with one attached hydrogen (secondary N) is 2. The second kappa shape index (κ2) is 7.65. The van der Waals surface area contributed by atoms with Crippen molar-refractivity contribution in [1.29, 1.82) is 0 Å². The van der Waals surface area contributed by atoms with Gasteiger partial charge < -0.3 is 10.6 Å². The highest BCUT2D eigenvalue weighted by Gasteiger charge is 2.01. The van der Waals surface area contributed by atoms with E-state index < -0.39 is 0 Å². The van der Waals surface area contributed by atoms with Crippen LogP contribution in [0.15, 0.2) is 29.3 Å². The fourth-order valence-corrected chi connectivity index (χ4v) is 1.42. The monoisotopic (exact) mass is 237 g/mol.